The molecule has 0 aliphatic heterocycles. The molecule has 0 bridgehead atoms. The first kappa shape index (κ1) is 24.0. The number of unbranched alkanes of at least 4 members (excludes halogenated alkanes) is 2. The molecule has 0 spiro atoms. The minimum absolute atomic E-state index is 0.00930. The number of para-hydroxylation sites is 1. The SMILES string of the molecule is CCCCN(CCCC)CC(O)Cn1cc(/C=C/C(=O)c2ccccc2)c2ccccc21. The normalized spacial score (nSPS) is 12.8. The van der Waals surface area contributed by atoms with Crippen LogP contribution in [0.4, 0.5) is 0 Å². The summed E-state index contributed by atoms with van der Waals surface area (Å²) in [5.41, 5.74) is 2.75. The number of carbonyl (C=O) groups is 1. The van der Waals surface area contributed by atoms with Gasteiger partial charge in [0.25, 0.3) is 0 Å². The van der Waals surface area contributed by atoms with Gasteiger partial charge >= 0.3 is 0 Å². The van der Waals surface area contributed by atoms with E-state index in [0.717, 1.165) is 42.4 Å². The third-order valence-corrected chi connectivity index (χ3v) is 5.82. The Hall–Kier alpha value is -2.69. The number of nitrogens with zero attached hydrogens (tertiary/aromatic N) is 2. The Bertz CT molecular complexity index is 999. The molecule has 0 saturated carbocycles. The number of aliphatic hydroxyl groups excluding tert-OH is 1. The Balaban J connectivity index is 1.74. The molecule has 1 N–H and O–H groups in total. The van der Waals surface area contributed by atoms with Gasteiger partial charge in [-0.15, -0.1) is 0 Å². The van der Waals surface area contributed by atoms with Crippen LogP contribution in [0.25, 0.3) is 17.0 Å². The van der Waals surface area contributed by atoms with Crippen LogP contribution in [0, 0.1) is 0 Å². The summed E-state index contributed by atoms with van der Waals surface area (Å²) >= 11 is 0. The molecular weight excluding hydrogens is 396 g/mol. The van der Waals surface area contributed by atoms with Crippen molar-refractivity contribution >= 4 is 22.8 Å². The second-order valence-electron chi connectivity index (χ2n) is 8.48. The summed E-state index contributed by atoms with van der Waals surface area (Å²) in [6.45, 7) is 7.71. The van der Waals surface area contributed by atoms with Crippen molar-refractivity contribution in [2.24, 2.45) is 0 Å². The molecular formula is C28H36N2O2. The van der Waals surface area contributed by atoms with E-state index in [9.17, 15) is 9.90 Å². The lowest BCUT2D eigenvalue weighted by Gasteiger charge is -2.25. The van der Waals surface area contributed by atoms with Crippen molar-refractivity contribution in [1.29, 1.82) is 0 Å². The van der Waals surface area contributed by atoms with Gasteiger partial charge in [0.1, 0.15) is 0 Å². The van der Waals surface area contributed by atoms with E-state index in [1.807, 2.05) is 54.7 Å². The summed E-state index contributed by atoms with van der Waals surface area (Å²) in [7, 11) is 0. The number of rotatable bonds is 13. The monoisotopic (exact) mass is 432 g/mol. The fraction of sp³-hybridized carbons (Fsp3) is 0.393. The Morgan fingerprint density at radius 2 is 1.66 bits per heavy atom. The number of benzene rings is 2. The van der Waals surface area contributed by atoms with Crippen molar-refractivity contribution in [3.8, 4) is 0 Å². The number of hydrogen-bond donors (Lipinski definition) is 1. The van der Waals surface area contributed by atoms with E-state index >= 15 is 0 Å². The van der Waals surface area contributed by atoms with Gasteiger partial charge < -0.3 is 14.6 Å². The number of carbonyl (C=O) groups excluding carboxylic acids is 1. The van der Waals surface area contributed by atoms with Gasteiger partial charge in [-0.25, -0.2) is 0 Å². The van der Waals surface area contributed by atoms with Crippen LogP contribution < -0.4 is 0 Å². The van der Waals surface area contributed by atoms with Gasteiger partial charge in [-0.1, -0.05) is 75.2 Å². The zero-order valence-electron chi connectivity index (χ0n) is 19.4. The number of aliphatic hydroxyl groups is 1. The zero-order chi connectivity index (χ0) is 22.8. The van der Waals surface area contributed by atoms with Gasteiger partial charge in [0, 0.05) is 41.3 Å². The highest BCUT2D eigenvalue weighted by Crippen LogP contribution is 2.23. The van der Waals surface area contributed by atoms with Gasteiger partial charge in [0.2, 0.25) is 0 Å². The van der Waals surface area contributed by atoms with Crippen molar-refractivity contribution in [2.75, 3.05) is 19.6 Å². The van der Waals surface area contributed by atoms with Gasteiger partial charge in [0.15, 0.2) is 5.78 Å². The van der Waals surface area contributed by atoms with Crippen molar-refractivity contribution < 1.29 is 9.90 Å². The van der Waals surface area contributed by atoms with Crippen LogP contribution in [-0.2, 0) is 6.54 Å². The zero-order valence-corrected chi connectivity index (χ0v) is 19.4. The lowest BCUT2D eigenvalue weighted by molar-refractivity contribution is 0.0973. The van der Waals surface area contributed by atoms with Gasteiger partial charge in [-0.05, 0) is 44.1 Å². The molecule has 0 saturated heterocycles. The highest BCUT2D eigenvalue weighted by Gasteiger charge is 2.14. The number of aromatic nitrogens is 1. The van der Waals surface area contributed by atoms with E-state index in [1.54, 1.807) is 6.08 Å². The van der Waals surface area contributed by atoms with Gasteiger partial charge in [-0.2, -0.15) is 0 Å². The molecule has 0 amide bonds. The molecule has 1 atom stereocenters. The van der Waals surface area contributed by atoms with Crippen LogP contribution in [0.15, 0.2) is 66.9 Å². The molecule has 0 aliphatic rings. The van der Waals surface area contributed by atoms with Crippen molar-refractivity contribution in [2.45, 2.75) is 52.2 Å². The lowest BCUT2D eigenvalue weighted by Crippen LogP contribution is -2.36. The topological polar surface area (TPSA) is 45.5 Å². The predicted molar refractivity (Wildman–Crippen MR) is 134 cm³/mol. The minimum atomic E-state index is -0.442. The van der Waals surface area contributed by atoms with Crippen molar-refractivity contribution in [3.63, 3.8) is 0 Å². The first-order chi connectivity index (χ1) is 15.6. The third-order valence-electron chi connectivity index (χ3n) is 5.82. The number of hydrogen-bond acceptors (Lipinski definition) is 3. The standard InChI is InChI=1S/C28H36N2O2/c1-3-5-18-29(19-6-4-2)21-25(31)22-30-20-24(26-14-10-11-15-27(26)30)16-17-28(32)23-12-8-7-9-13-23/h7-17,20,25,31H,3-6,18-19,21-22H2,1-2H3/b17-16+. The Labute approximate surface area is 192 Å². The van der Waals surface area contributed by atoms with Crippen LogP contribution >= 0.6 is 0 Å². The quantitative estimate of drug-likeness (QED) is 0.274. The fourth-order valence-corrected chi connectivity index (χ4v) is 4.06. The molecule has 0 aliphatic carbocycles. The van der Waals surface area contributed by atoms with Crippen molar-refractivity contribution in [1.82, 2.24) is 9.47 Å². The van der Waals surface area contributed by atoms with Crippen LogP contribution in [-0.4, -0.2) is 46.1 Å². The number of fused-ring (bicyclic) bond motifs is 1. The predicted octanol–water partition coefficient (Wildman–Crippen LogP) is 5.80. The van der Waals surface area contributed by atoms with Crippen LogP contribution in [0.3, 0.4) is 0 Å². The first-order valence-corrected chi connectivity index (χ1v) is 11.9. The molecule has 3 aromatic rings. The molecule has 1 heterocycles. The smallest absolute Gasteiger partial charge is 0.185 e. The second kappa shape index (κ2) is 12.4. The Morgan fingerprint density at radius 1 is 1.00 bits per heavy atom. The molecule has 4 nitrogen and oxygen atoms in total. The van der Waals surface area contributed by atoms with Gasteiger partial charge in [-0.3, -0.25) is 4.79 Å². The fourth-order valence-electron chi connectivity index (χ4n) is 4.06. The summed E-state index contributed by atoms with van der Waals surface area (Å²) in [5, 5.41) is 12.0. The minimum Gasteiger partial charge on any atom is -0.390 e. The maximum Gasteiger partial charge on any atom is 0.185 e. The highest BCUT2D eigenvalue weighted by molar-refractivity contribution is 6.07. The van der Waals surface area contributed by atoms with Crippen LogP contribution in [0.2, 0.25) is 0 Å². The summed E-state index contributed by atoms with van der Waals surface area (Å²) in [6, 6.07) is 17.5. The number of ketones is 1. The molecule has 3 rings (SSSR count). The summed E-state index contributed by atoms with van der Waals surface area (Å²) < 4.78 is 2.12. The van der Waals surface area contributed by atoms with E-state index in [4.69, 9.17) is 0 Å². The maximum absolute atomic E-state index is 12.5. The van der Waals surface area contributed by atoms with Crippen LogP contribution in [0.1, 0.15) is 55.5 Å². The Kier molecular flexibility index (Phi) is 9.27. The van der Waals surface area contributed by atoms with E-state index in [-0.39, 0.29) is 5.78 Å². The average Bonchev–Trinajstić information content (AvgIpc) is 3.17. The summed E-state index contributed by atoms with van der Waals surface area (Å²) in [4.78, 5) is 14.9. The van der Waals surface area contributed by atoms with Gasteiger partial charge in [0.05, 0.1) is 6.10 Å². The molecule has 2 aromatic carbocycles. The first-order valence-electron chi connectivity index (χ1n) is 11.9. The molecule has 1 unspecified atom stereocenters. The molecule has 0 radical (unpaired) electrons. The van der Waals surface area contributed by atoms with E-state index in [1.165, 1.54) is 12.8 Å². The van der Waals surface area contributed by atoms with Crippen molar-refractivity contribution in [3.05, 3.63) is 78.0 Å². The largest absolute Gasteiger partial charge is 0.390 e. The highest BCUT2D eigenvalue weighted by atomic mass is 16.3. The molecule has 4 heteroatoms. The maximum atomic E-state index is 12.5. The number of allylic oxidation sites excluding steroid dienone is 1. The molecule has 0 fully saturated rings. The summed E-state index contributed by atoms with van der Waals surface area (Å²) in [6.07, 6.45) is 9.77. The molecule has 1 aromatic heterocycles. The van der Waals surface area contributed by atoms with E-state index in [0.29, 0.717) is 18.7 Å². The van der Waals surface area contributed by atoms with Crippen LogP contribution in [0.5, 0.6) is 0 Å². The van der Waals surface area contributed by atoms with E-state index < -0.39 is 6.10 Å². The third kappa shape index (κ3) is 6.65. The lowest BCUT2D eigenvalue weighted by atomic mass is 10.1. The molecule has 32 heavy (non-hydrogen) atoms. The van der Waals surface area contributed by atoms with E-state index in [2.05, 4.69) is 35.4 Å². The Morgan fingerprint density at radius 3 is 2.34 bits per heavy atom. The summed E-state index contributed by atoms with van der Waals surface area (Å²) in [5.74, 6) is -0.00930. The molecule has 170 valence electrons. The average molecular weight is 433 g/mol. The second-order valence-corrected chi connectivity index (χ2v) is 8.48.